The zero-order chi connectivity index (χ0) is 20.8. The highest BCUT2D eigenvalue weighted by atomic mass is 16.2. The van der Waals surface area contributed by atoms with E-state index in [1.165, 1.54) is 11.3 Å². The topological polar surface area (TPSA) is 66.5 Å². The summed E-state index contributed by atoms with van der Waals surface area (Å²) in [4.78, 5) is 41.1. The highest BCUT2D eigenvalue weighted by molar-refractivity contribution is 6.07. The summed E-state index contributed by atoms with van der Waals surface area (Å²) >= 11 is 0. The van der Waals surface area contributed by atoms with Crippen LogP contribution in [0, 0.1) is 30.6 Å². The number of carbonyl (C=O) groups excluding carboxylic acids is 3. The van der Waals surface area contributed by atoms with E-state index in [2.05, 4.69) is 17.5 Å². The second-order valence-electron chi connectivity index (χ2n) is 9.58. The Morgan fingerprint density at radius 2 is 1.60 bits per heavy atom. The number of nitrogens with zero attached hydrogens (tertiary/aromatic N) is 1. The van der Waals surface area contributed by atoms with Crippen molar-refractivity contribution in [3.05, 3.63) is 47.5 Å². The van der Waals surface area contributed by atoms with Crippen molar-refractivity contribution in [1.82, 2.24) is 10.2 Å². The van der Waals surface area contributed by atoms with Gasteiger partial charge in [-0.15, -0.1) is 0 Å². The molecule has 5 atom stereocenters. The molecule has 1 saturated heterocycles. The molecular formula is C25H30N2O3. The second-order valence-corrected chi connectivity index (χ2v) is 9.58. The van der Waals surface area contributed by atoms with Crippen LogP contribution in [0.25, 0.3) is 0 Å². The maximum absolute atomic E-state index is 13.4. The fourth-order valence-corrected chi connectivity index (χ4v) is 6.09. The van der Waals surface area contributed by atoms with Gasteiger partial charge in [-0.25, -0.2) is 0 Å². The molecule has 4 aliphatic rings. The fraction of sp³-hybridized carbons (Fsp3) is 0.560. The van der Waals surface area contributed by atoms with Gasteiger partial charge in [0.05, 0.1) is 24.3 Å². The van der Waals surface area contributed by atoms with E-state index in [1.54, 1.807) is 0 Å². The number of likely N-dealkylation sites (tertiary alicyclic amines) is 1. The maximum atomic E-state index is 13.4. The molecule has 3 amide bonds. The number of nitrogens with one attached hydrogen (secondary N) is 1. The van der Waals surface area contributed by atoms with Crippen LogP contribution in [-0.4, -0.2) is 28.7 Å². The summed E-state index contributed by atoms with van der Waals surface area (Å²) in [7, 11) is 0. The number of hydrogen-bond donors (Lipinski definition) is 1. The van der Waals surface area contributed by atoms with E-state index < -0.39 is 6.04 Å². The Labute approximate surface area is 177 Å². The van der Waals surface area contributed by atoms with Crippen molar-refractivity contribution in [1.29, 1.82) is 0 Å². The zero-order valence-corrected chi connectivity index (χ0v) is 17.5. The van der Waals surface area contributed by atoms with Gasteiger partial charge in [0.25, 0.3) is 0 Å². The van der Waals surface area contributed by atoms with Crippen molar-refractivity contribution in [2.75, 3.05) is 0 Å². The molecule has 158 valence electrons. The van der Waals surface area contributed by atoms with Gasteiger partial charge in [-0.05, 0) is 43.6 Å². The molecule has 3 aliphatic carbocycles. The van der Waals surface area contributed by atoms with Gasteiger partial charge in [-0.2, -0.15) is 0 Å². The molecule has 5 nitrogen and oxygen atoms in total. The standard InChI is InChI=1S/C25H30N2O3/c1-15-7-9-16(10-8-15)20(14-21(28)26-19-5-3-2-4-6-19)27-24(29)22-17-11-12-18(13-17)23(22)25(27)30/h7-12,17-20,22-23H,2-6,13-14H2,1H3,(H,26,28). The number of allylic oxidation sites excluding steroid dienone is 2. The summed E-state index contributed by atoms with van der Waals surface area (Å²) in [6.07, 6.45) is 10.8. The van der Waals surface area contributed by atoms with E-state index in [0.717, 1.165) is 43.2 Å². The Hall–Kier alpha value is -2.43. The van der Waals surface area contributed by atoms with Crippen LogP contribution in [0.4, 0.5) is 0 Å². The van der Waals surface area contributed by atoms with Crippen LogP contribution < -0.4 is 5.32 Å². The molecule has 2 saturated carbocycles. The Balaban J connectivity index is 1.40. The SMILES string of the molecule is Cc1ccc(C(CC(=O)NC2CCCCC2)N2C(=O)C3C4C=CC(C4)C3C2=O)cc1. The molecule has 30 heavy (non-hydrogen) atoms. The van der Waals surface area contributed by atoms with E-state index in [-0.39, 0.29) is 53.9 Å². The quantitative estimate of drug-likeness (QED) is 0.599. The highest BCUT2D eigenvalue weighted by Gasteiger charge is 2.60. The van der Waals surface area contributed by atoms with Crippen LogP contribution in [0.3, 0.4) is 0 Å². The van der Waals surface area contributed by atoms with Crippen molar-refractivity contribution in [3.8, 4) is 0 Å². The van der Waals surface area contributed by atoms with Crippen molar-refractivity contribution in [2.24, 2.45) is 23.7 Å². The minimum absolute atomic E-state index is 0.0637. The molecule has 1 aromatic carbocycles. The average Bonchev–Trinajstić information content (AvgIpc) is 3.42. The first kappa shape index (κ1) is 19.5. The summed E-state index contributed by atoms with van der Waals surface area (Å²) in [5.41, 5.74) is 1.98. The molecule has 2 bridgehead atoms. The molecule has 1 N–H and O–H groups in total. The van der Waals surface area contributed by atoms with Gasteiger partial charge in [0.1, 0.15) is 0 Å². The number of carbonyl (C=O) groups is 3. The first-order chi connectivity index (χ1) is 14.5. The first-order valence-corrected chi connectivity index (χ1v) is 11.4. The monoisotopic (exact) mass is 406 g/mol. The Morgan fingerprint density at radius 1 is 1.00 bits per heavy atom. The van der Waals surface area contributed by atoms with E-state index in [4.69, 9.17) is 0 Å². The molecular weight excluding hydrogens is 376 g/mol. The van der Waals surface area contributed by atoms with Crippen LogP contribution in [0.15, 0.2) is 36.4 Å². The normalized spacial score (nSPS) is 31.3. The van der Waals surface area contributed by atoms with Gasteiger partial charge in [-0.3, -0.25) is 19.3 Å². The number of fused-ring (bicyclic) bond motifs is 5. The number of imide groups is 1. The van der Waals surface area contributed by atoms with Gasteiger partial charge in [-0.1, -0.05) is 61.2 Å². The van der Waals surface area contributed by atoms with Crippen LogP contribution >= 0.6 is 0 Å². The molecule has 0 aromatic heterocycles. The summed E-state index contributed by atoms with van der Waals surface area (Å²) in [5.74, 6) is -0.349. The summed E-state index contributed by atoms with van der Waals surface area (Å²) < 4.78 is 0. The molecule has 0 radical (unpaired) electrons. The largest absolute Gasteiger partial charge is 0.353 e. The lowest BCUT2D eigenvalue weighted by Crippen LogP contribution is -2.42. The van der Waals surface area contributed by atoms with Crippen LogP contribution in [0.1, 0.15) is 62.1 Å². The summed E-state index contributed by atoms with van der Waals surface area (Å²) in [6.45, 7) is 2.01. The maximum Gasteiger partial charge on any atom is 0.234 e. The third kappa shape index (κ3) is 3.28. The van der Waals surface area contributed by atoms with E-state index in [9.17, 15) is 14.4 Å². The van der Waals surface area contributed by atoms with Crippen LogP contribution in [0.2, 0.25) is 0 Å². The second kappa shape index (κ2) is 7.68. The lowest BCUT2D eigenvalue weighted by molar-refractivity contribution is -0.144. The van der Waals surface area contributed by atoms with Gasteiger partial charge in [0.15, 0.2) is 0 Å². The number of rotatable bonds is 5. The molecule has 5 unspecified atom stereocenters. The molecule has 1 aliphatic heterocycles. The van der Waals surface area contributed by atoms with Crippen molar-refractivity contribution < 1.29 is 14.4 Å². The van der Waals surface area contributed by atoms with Crippen LogP contribution in [0.5, 0.6) is 0 Å². The van der Waals surface area contributed by atoms with Gasteiger partial charge in [0, 0.05) is 6.04 Å². The predicted octanol–water partition coefficient (Wildman–Crippen LogP) is 3.68. The lowest BCUT2D eigenvalue weighted by Gasteiger charge is -2.29. The Bertz CT molecular complexity index is 854. The smallest absolute Gasteiger partial charge is 0.234 e. The Morgan fingerprint density at radius 3 is 2.20 bits per heavy atom. The van der Waals surface area contributed by atoms with Crippen molar-refractivity contribution >= 4 is 17.7 Å². The fourth-order valence-electron chi connectivity index (χ4n) is 6.09. The predicted molar refractivity (Wildman–Crippen MR) is 113 cm³/mol. The third-order valence-electron chi connectivity index (χ3n) is 7.63. The van der Waals surface area contributed by atoms with Gasteiger partial charge >= 0.3 is 0 Å². The molecule has 5 rings (SSSR count). The molecule has 1 heterocycles. The van der Waals surface area contributed by atoms with Crippen LogP contribution in [-0.2, 0) is 14.4 Å². The highest BCUT2D eigenvalue weighted by Crippen LogP contribution is 2.54. The molecule has 5 heteroatoms. The van der Waals surface area contributed by atoms with Crippen molar-refractivity contribution in [2.45, 2.75) is 64.0 Å². The summed E-state index contributed by atoms with van der Waals surface area (Å²) in [5, 5.41) is 3.16. The van der Waals surface area contributed by atoms with E-state index in [1.807, 2.05) is 31.2 Å². The summed E-state index contributed by atoms with van der Waals surface area (Å²) in [6, 6.07) is 7.57. The van der Waals surface area contributed by atoms with Gasteiger partial charge in [0.2, 0.25) is 17.7 Å². The Kier molecular flexibility index (Phi) is 5.00. The number of aryl methyl sites for hydroxylation is 1. The minimum Gasteiger partial charge on any atom is -0.353 e. The van der Waals surface area contributed by atoms with Gasteiger partial charge < -0.3 is 5.32 Å². The average molecular weight is 407 g/mol. The van der Waals surface area contributed by atoms with E-state index in [0.29, 0.717) is 0 Å². The minimum atomic E-state index is -0.529. The molecule has 0 spiro atoms. The molecule has 1 aromatic rings. The number of amides is 3. The van der Waals surface area contributed by atoms with E-state index >= 15 is 0 Å². The first-order valence-electron chi connectivity index (χ1n) is 11.4. The third-order valence-corrected chi connectivity index (χ3v) is 7.63. The lowest BCUT2D eigenvalue weighted by atomic mass is 9.85. The zero-order valence-electron chi connectivity index (χ0n) is 17.5. The molecule has 3 fully saturated rings. The van der Waals surface area contributed by atoms with Crippen molar-refractivity contribution in [3.63, 3.8) is 0 Å². The number of hydrogen-bond acceptors (Lipinski definition) is 3. The number of benzene rings is 1.